The summed E-state index contributed by atoms with van der Waals surface area (Å²) in [5.41, 5.74) is 4.42. The van der Waals surface area contributed by atoms with Crippen molar-refractivity contribution in [3.8, 4) is 5.75 Å². The van der Waals surface area contributed by atoms with Crippen molar-refractivity contribution >= 4 is 47.3 Å². The lowest BCUT2D eigenvalue weighted by Crippen LogP contribution is -2.22. The summed E-state index contributed by atoms with van der Waals surface area (Å²) in [6.45, 7) is 5.57. The van der Waals surface area contributed by atoms with Gasteiger partial charge in [0.05, 0.1) is 14.7 Å². The number of hydrogen-bond donors (Lipinski definition) is 3. The van der Waals surface area contributed by atoms with Gasteiger partial charge in [-0.25, -0.2) is 13.0 Å². The molecule has 0 aliphatic heterocycles. The molecular weight excluding hydrogens is 729 g/mol. The molecule has 0 saturated carbocycles. The maximum absolute atomic E-state index is 12.5. The molecule has 0 unspecified atom stereocenters. The highest BCUT2D eigenvalue weighted by molar-refractivity contribution is 7.86. The lowest BCUT2D eigenvalue weighted by molar-refractivity contribution is -0.539. The molecule has 5 rings (SSSR count). The highest BCUT2D eigenvalue weighted by Gasteiger charge is 2.21. The van der Waals surface area contributed by atoms with Crippen LogP contribution in [0.15, 0.2) is 136 Å². The monoisotopic (exact) mass is 764 g/mol. The number of phenols is 1. The molecule has 52 heavy (non-hydrogen) atoms. The van der Waals surface area contributed by atoms with Crippen LogP contribution in [-0.2, 0) is 43.4 Å². The Labute approximate surface area is 303 Å². The molecule has 1 aliphatic rings. The molecule has 3 N–H and O–H groups in total. The molecule has 0 aromatic heterocycles. The van der Waals surface area contributed by atoms with Crippen LogP contribution in [-0.4, -0.2) is 67.4 Å². The second kappa shape index (κ2) is 15.4. The third-order valence-corrected chi connectivity index (χ3v) is 11.0. The van der Waals surface area contributed by atoms with E-state index in [1.54, 1.807) is 48.6 Å². The molecule has 4 aromatic carbocycles. The fourth-order valence-corrected chi connectivity index (χ4v) is 7.71. The number of anilines is 1. The third-order valence-electron chi connectivity index (χ3n) is 8.45. The van der Waals surface area contributed by atoms with Crippen molar-refractivity contribution in [3.63, 3.8) is 0 Å². The van der Waals surface area contributed by atoms with Crippen LogP contribution in [0.1, 0.15) is 36.1 Å². The van der Waals surface area contributed by atoms with Gasteiger partial charge in [-0.1, -0.05) is 36.4 Å². The number of allylic oxidation sites excluding steroid dienone is 5. The van der Waals surface area contributed by atoms with E-state index in [0.29, 0.717) is 54.0 Å². The minimum absolute atomic E-state index is 0.0806. The second-order valence-corrected chi connectivity index (χ2v) is 16.1. The summed E-state index contributed by atoms with van der Waals surface area (Å²) in [6.07, 6.45) is 7.16. The number of benzene rings is 4. The standard InChI is InChI=1S/C37H36N2O10S3/c1-3-38(24-26-7-5-9-33(21-26)50(41,42)43)30-15-11-28(12-16-30)37(35-20-19-32(40)23-36(35)52(47,48)49)29-13-17-31(18-14-29)39(4-2)25-27-8-6-10-34(22-27)51(44,45)46/h5-23H,3-4,24-25H2,1-2H3,(H3,41,42,43,44,45,46,47,48,49). The summed E-state index contributed by atoms with van der Waals surface area (Å²) >= 11 is 0. The highest BCUT2D eigenvalue weighted by Crippen LogP contribution is 2.36. The minimum atomic E-state index is -5.03. The number of phenolic OH excluding ortho intramolecular Hbond substituents is 1. The Morgan fingerprint density at radius 3 is 1.85 bits per heavy atom. The first-order valence-corrected chi connectivity index (χ1v) is 20.3. The SMILES string of the molecule is CCN(Cc1cccc(S(=O)(=O)O)c1)c1ccc(C(=C2C=CC(=[N+](CC)Cc3cccc(S(=O)(=O)O)c3)C=C2)c2ccc(O)cc2S(=O)(=O)[O-])cc1. The number of rotatable bonds is 12. The van der Waals surface area contributed by atoms with Gasteiger partial charge < -0.3 is 14.6 Å². The second-order valence-electron chi connectivity index (χ2n) is 11.9. The molecule has 0 fully saturated rings. The van der Waals surface area contributed by atoms with E-state index in [4.69, 9.17) is 0 Å². The van der Waals surface area contributed by atoms with Crippen LogP contribution in [0.3, 0.4) is 0 Å². The van der Waals surface area contributed by atoms with Crippen LogP contribution >= 0.6 is 0 Å². The van der Waals surface area contributed by atoms with Gasteiger partial charge in [0, 0.05) is 42.1 Å². The Morgan fingerprint density at radius 2 is 1.31 bits per heavy atom. The quantitative estimate of drug-likeness (QED) is 0.123. The summed E-state index contributed by atoms with van der Waals surface area (Å²) in [6, 6.07) is 22.7. The van der Waals surface area contributed by atoms with Gasteiger partial charge >= 0.3 is 0 Å². The highest BCUT2D eigenvalue weighted by atomic mass is 32.2. The third kappa shape index (κ3) is 9.11. The van der Waals surface area contributed by atoms with Crippen LogP contribution in [0.5, 0.6) is 5.75 Å². The number of aromatic hydroxyl groups is 1. The Balaban J connectivity index is 1.56. The van der Waals surface area contributed by atoms with Crippen molar-refractivity contribution in [3.05, 3.63) is 143 Å². The van der Waals surface area contributed by atoms with Crippen molar-refractivity contribution in [1.82, 2.24) is 0 Å². The van der Waals surface area contributed by atoms with Crippen molar-refractivity contribution in [2.24, 2.45) is 0 Å². The first kappa shape index (κ1) is 38.3. The summed E-state index contributed by atoms with van der Waals surface area (Å²) in [7, 11) is -13.8. The maximum atomic E-state index is 12.5. The lowest BCUT2D eigenvalue weighted by atomic mass is 9.90. The van der Waals surface area contributed by atoms with E-state index in [1.165, 1.54) is 36.4 Å². The van der Waals surface area contributed by atoms with E-state index in [1.807, 2.05) is 47.6 Å². The zero-order valence-corrected chi connectivity index (χ0v) is 30.6. The van der Waals surface area contributed by atoms with E-state index < -0.39 is 41.0 Å². The first-order valence-electron chi connectivity index (χ1n) is 16.0. The average molecular weight is 765 g/mol. The lowest BCUT2D eigenvalue weighted by Gasteiger charge is -2.24. The van der Waals surface area contributed by atoms with Gasteiger partial charge in [-0.2, -0.15) is 16.8 Å². The van der Waals surface area contributed by atoms with E-state index in [0.717, 1.165) is 17.5 Å². The van der Waals surface area contributed by atoms with Crippen LogP contribution in [0.4, 0.5) is 5.69 Å². The smallest absolute Gasteiger partial charge is 0.294 e. The topological polar surface area (TPSA) is 192 Å². The molecule has 0 amide bonds. The van der Waals surface area contributed by atoms with Crippen LogP contribution in [0.2, 0.25) is 0 Å². The molecule has 1 aliphatic carbocycles. The van der Waals surface area contributed by atoms with E-state index in [9.17, 15) is 44.0 Å². The molecule has 0 atom stereocenters. The average Bonchev–Trinajstić information content (AvgIpc) is 3.10. The van der Waals surface area contributed by atoms with Gasteiger partial charge in [0.1, 0.15) is 22.4 Å². The van der Waals surface area contributed by atoms with Gasteiger partial charge in [0.25, 0.3) is 20.2 Å². The summed E-state index contributed by atoms with van der Waals surface area (Å²) in [5.74, 6) is -0.392. The zero-order valence-electron chi connectivity index (χ0n) is 28.1. The predicted molar refractivity (Wildman–Crippen MR) is 196 cm³/mol. The normalized spacial score (nSPS) is 13.3. The van der Waals surface area contributed by atoms with Crippen LogP contribution < -0.4 is 4.90 Å². The fourth-order valence-electron chi connectivity index (χ4n) is 5.90. The Bertz CT molecular complexity index is 2450. The Kier molecular flexibility index (Phi) is 11.3. The number of nitrogens with zero attached hydrogens (tertiary/aromatic N) is 2. The summed E-state index contributed by atoms with van der Waals surface area (Å²) < 4.78 is 105. The summed E-state index contributed by atoms with van der Waals surface area (Å²) in [4.78, 5) is 0.945. The van der Waals surface area contributed by atoms with Gasteiger partial charge in [0.2, 0.25) is 0 Å². The van der Waals surface area contributed by atoms with Crippen molar-refractivity contribution in [2.45, 2.75) is 41.6 Å². The molecule has 0 saturated heterocycles. The van der Waals surface area contributed by atoms with Gasteiger partial charge in [-0.05, 0) is 103 Å². The molecular formula is C37H36N2O10S3. The maximum Gasteiger partial charge on any atom is 0.294 e. The molecule has 12 nitrogen and oxygen atoms in total. The van der Waals surface area contributed by atoms with Gasteiger partial charge in [-0.3, -0.25) is 9.11 Å². The molecule has 0 radical (unpaired) electrons. The van der Waals surface area contributed by atoms with Crippen LogP contribution in [0.25, 0.3) is 5.57 Å². The van der Waals surface area contributed by atoms with E-state index in [-0.39, 0.29) is 15.4 Å². The molecule has 15 heteroatoms. The first-order chi connectivity index (χ1) is 24.5. The van der Waals surface area contributed by atoms with Gasteiger partial charge in [0.15, 0.2) is 12.3 Å². The molecule has 0 heterocycles. The van der Waals surface area contributed by atoms with E-state index >= 15 is 0 Å². The Hall–Kier alpha value is -4.90. The molecule has 0 spiro atoms. The largest absolute Gasteiger partial charge is 0.744 e. The molecule has 4 aromatic rings. The Morgan fingerprint density at radius 1 is 0.731 bits per heavy atom. The van der Waals surface area contributed by atoms with Crippen LogP contribution in [0, 0.1) is 0 Å². The van der Waals surface area contributed by atoms with Crippen molar-refractivity contribution in [2.75, 3.05) is 18.0 Å². The van der Waals surface area contributed by atoms with Crippen molar-refractivity contribution in [1.29, 1.82) is 0 Å². The molecule has 0 bridgehead atoms. The fraction of sp³-hybridized carbons (Fsp3) is 0.162. The molecule has 272 valence electrons. The summed E-state index contributed by atoms with van der Waals surface area (Å²) in [5, 5.41) is 10.1. The minimum Gasteiger partial charge on any atom is -0.744 e. The van der Waals surface area contributed by atoms with Crippen molar-refractivity contribution < 1.29 is 48.6 Å². The predicted octanol–water partition coefficient (Wildman–Crippen LogP) is 5.42. The van der Waals surface area contributed by atoms with Gasteiger partial charge in [-0.15, -0.1) is 0 Å². The number of hydrogen-bond acceptors (Lipinski definition) is 9. The van der Waals surface area contributed by atoms with E-state index in [2.05, 4.69) is 0 Å². The zero-order chi connectivity index (χ0) is 37.8.